The van der Waals surface area contributed by atoms with Crippen molar-refractivity contribution in [2.75, 3.05) is 54.0 Å². The maximum atomic E-state index is 13.2. The lowest BCUT2D eigenvalue weighted by atomic mass is 10.3. The topological polar surface area (TPSA) is 235 Å². The van der Waals surface area contributed by atoms with Gasteiger partial charge >= 0.3 is 0 Å². The third-order valence-electron chi connectivity index (χ3n) is 9.03. The van der Waals surface area contributed by atoms with Gasteiger partial charge in [-0.1, -0.05) is 6.92 Å². The number of amides is 7. The molecule has 324 valence electrons. The zero-order valence-corrected chi connectivity index (χ0v) is 37.9. The molecule has 0 radical (unpaired) electrons. The summed E-state index contributed by atoms with van der Waals surface area (Å²) in [5, 5.41) is 22.3. The van der Waals surface area contributed by atoms with Gasteiger partial charge in [0.25, 0.3) is 29.5 Å². The van der Waals surface area contributed by atoms with Gasteiger partial charge in [-0.05, 0) is 68.7 Å². The van der Waals surface area contributed by atoms with E-state index in [1.165, 1.54) is 38.7 Å². The van der Waals surface area contributed by atoms with E-state index >= 15 is 0 Å². The van der Waals surface area contributed by atoms with Crippen LogP contribution in [0.3, 0.4) is 0 Å². The lowest BCUT2D eigenvalue weighted by Gasteiger charge is -2.07. The van der Waals surface area contributed by atoms with E-state index in [9.17, 15) is 33.6 Å². The van der Waals surface area contributed by atoms with Crippen molar-refractivity contribution >= 4 is 107 Å². The van der Waals surface area contributed by atoms with Gasteiger partial charge < -0.3 is 60.8 Å². The van der Waals surface area contributed by atoms with Crippen molar-refractivity contribution in [1.29, 1.82) is 0 Å². The summed E-state index contributed by atoms with van der Waals surface area (Å²) in [6, 6.07) is 7.76. The number of aryl methyl sites for hydroxylation is 4. The molecular formula is C39H46Br2N12O7S. The van der Waals surface area contributed by atoms with Crippen molar-refractivity contribution in [2.45, 2.75) is 19.8 Å². The number of nitrogens with one attached hydrogen (secondary N) is 8. The average molecular weight is 987 g/mol. The number of anilines is 4. The van der Waals surface area contributed by atoms with Crippen molar-refractivity contribution in [2.24, 2.45) is 28.2 Å². The van der Waals surface area contributed by atoms with Crippen LogP contribution >= 0.6 is 43.2 Å². The molecule has 0 aliphatic rings. The number of nitrogens with zero attached hydrogens (tertiary/aromatic N) is 4. The highest BCUT2D eigenvalue weighted by Gasteiger charge is 2.20. The largest absolute Gasteiger partial charge is 0.355 e. The smallest absolute Gasteiger partial charge is 0.272 e. The molecule has 0 bridgehead atoms. The van der Waals surface area contributed by atoms with Crippen LogP contribution < -0.4 is 42.5 Å². The van der Waals surface area contributed by atoms with E-state index in [4.69, 9.17) is 0 Å². The standard InChI is InChI=1S/C39H46Br2N12O7S/c1-6-42-11-12-43-32(54)7-9-44-35(56)27-14-23(19-50(27)2)47-37(58)29-13-22(18-52(29)4)46-33(55)8-10-45-36(57)28-15-24(20-51(28)3)48-38(59)30-16-25(21-53(30)5)49-39(60)31-17-26(40)34(41)61-31/h13-21,42H,6-12H2,1-5H3,(H,43,54)(H,44,56)(H,45,57)(H,46,55)(H,47,58)(H,48,59)(H,49,60). The van der Waals surface area contributed by atoms with E-state index in [0.29, 0.717) is 40.7 Å². The predicted molar refractivity (Wildman–Crippen MR) is 239 cm³/mol. The van der Waals surface area contributed by atoms with E-state index in [1.54, 1.807) is 74.2 Å². The van der Waals surface area contributed by atoms with Gasteiger partial charge in [-0.25, -0.2) is 0 Å². The van der Waals surface area contributed by atoms with Crippen molar-refractivity contribution in [3.63, 3.8) is 0 Å². The second-order valence-corrected chi connectivity index (χ2v) is 17.0. The van der Waals surface area contributed by atoms with Crippen LogP contribution in [-0.2, 0) is 37.8 Å². The van der Waals surface area contributed by atoms with Crippen molar-refractivity contribution < 1.29 is 33.6 Å². The Labute approximate surface area is 371 Å². The maximum Gasteiger partial charge on any atom is 0.272 e. The van der Waals surface area contributed by atoms with Crippen LogP contribution in [0.4, 0.5) is 22.7 Å². The minimum atomic E-state index is -0.478. The molecule has 5 aromatic heterocycles. The fourth-order valence-electron chi connectivity index (χ4n) is 6.02. The van der Waals surface area contributed by atoms with Crippen LogP contribution in [0.15, 0.2) is 63.4 Å². The number of halogens is 2. The summed E-state index contributed by atoms with van der Waals surface area (Å²) < 4.78 is 7.76. The first-order valence-electron chi connectivity index (χ1n) is 18.9. The minimum Gasteiger partial charge on any atom is -0.355 e. The number of carbonyl (C=O) groups is 7. The number of thiophene rings is 1. The first-order valence-corrected chi connectivity index (χ1v) is 21.3. The molecule has 0 atom stereocenters. The van der Waals surface area contributed by atoms with Crippen molar-refractivity contribution in [3.05, 3.63) is 91.0 Å². The van der Waals surface area contributed by atoms with Crippen LogP contribution in [0, 0.1) is 0 Å². The Morgan fingerprint density at radius 3 is 1.34 bits per heavy atom. The van der Waals surface area contributed by atoms with Gasteiger partial charge in [-0.15, -0.1) is 11.3 Å². The molecular weight excluding hydrogens is 940 g/mol. The van der Waals surface area contributed by atoms with Crippen LogP contribution in [0.25, 0.3) is 0 Å². The summed E-state index contributed by atoms with van der Waals surface area (Å²) in [4.78, 5) is 90.0. The van der Waals surface area contributed by atoms with Crippen LogP contribution in [-0.4, -0.2) is 92.3 Å². The van der Waals surface area contributed by atoms with Gasteiger partial charge in [0.1, 0.15) is 22.8 Å². The van der Waals surface area contributed by atoms with Gasteiger partial charge in [0.15, 0.2) is 0 Å². The molecule has 61 heavy (non-hydrogen) atoms. The third-order valence-corrected chi connectivity index (χ3v) is 12.3. The first kappa shape index (κ1) is 46.1. The molecule has 0 unspecified atom stereocenters. The number of rotatable bonds is 19. The summed E-state index contributed by atoms with van der Waals surface area (Å²) in [6.45, 7) is 4.10. The number of hydrogen-bond acceptors (Lipinski definition) is 9. The lowest BCUT2D eigenvalue weighted by Crippen LogP contribution is -2.34. The van der Waals surface area contributed by atoms with E-state index in [0.717, 1.165) is 14.8 Å². The molecule has 22 heteroatoms. The summed E-state index contributed by atoms with van der Waals surface area (Å²) in [7, 11) is 6.62. The van der Waals surface area contributed by atoms with Crippen LogP contribution in [0.5, 0.6) is 0 Å². The number of aromatic nitrogens is 4. The molecule has 0 saturated carbocycles. The molecule has 7 amide bonds. The van der Waals surface area contributed by atoms with Gasteiger partial charge in [0.05, 0.1) is 31.4 Å². The molecule has 5 aromatic rings. The summed E-state index contributed by atoms with van der Waals surface area (Å²) in [6.07, 6.45) is 6.41. The Kier molecular flexibility index (Phi) is 15.9. The fraction of sp³-hybridized carbons (Fsp3) is 0.308. The van der Waals surface area contributed by atoms with E-state index in [2.05, 4.69) is 74.4 Å². The Morgan fingerprint density at radius 2 is 0.918 bits per heavy atom. The van der Waals surface area contributed by atoms with Crippen LogP contribution in [0.1, 0.15) is 71.4 Å². The zero-order valence-electron chi connectivity index (χ0n) is 34.0. The third kappa shape index (κ3) is 12.5. The molecule has 19 nitrogen and oxygen atoms in total. The average Bonchev–Trinajstić information content (AvgIpc) is 4.02. The molecule has 0 saturated heterocycles. The van der Waals surface area contributed by atoms with Gasteiger partial charge in [0.2, 0.25) is 11.8 Å². The van der Waals surface area contributed by atoms with E-state index < -0.39 is 29.5 Å². The summed E-state index contributed by atoms with van der Waals surface area (Å²) in [5.41, 5.74) is 2.57. The molecule has 5 rings (SSSR count). The lowest BCUT2D eigenvalue weighted by molar-refractivity contribution is -0.121. The number of likely N-dealkylation sites (N-methyl/N-ethyl adjacent to an activating group) is 1. The first-order chi connectivity index (χ1) is 29.0. The van der Waals surface area contributed by atoms with Crippen molar-refractivity contribution in [3.8, 4) is 0 Å². The van der Waals surface area contributed by atoms with Crippen LogP contribution in [0.2, 0.25) is 0 Å². The molecule has 0 aliphatic heterocycles. The van der Waals surface area contributed by atoms with E-state index in [1.807, 2.05) is 6.92 Å². The summed E-state index contributed by atoms with van der Waals surface area (Å²) >= 11 is 8.01. The second-order valence-electron chi connectivity index (χ2n) is 13.8. The monoisotopic (exact) mass is 984 g/mol. The van der Waals surface area contributed by atoms with Gasteiger partial charge in [-0.3, -0.25) is 33.6 Å². The molecule has 8 N–H and O–H groups in total. The zero-order chi connectivity index (χ0) is 44.4. The number of hydrogen-bond donors (Lipinski definition) is 8. The SMILES string of the molecule is CCNCCNC(=O)CCNC(=O)c1cc(NC(=O)c2cc(NC(=O)CCNC(=O)c3cc(NC(=O)c4cc(NC(=O)c5cc(Br)c(Br)s5)cn4C)cn3C)cn2C)cn1C. The highest BCUT2D eigenvalue weighted by molar-refractivity contribution is 9.13. The fourth-order valence-corrected chi connectivity index (χ4v) is 7.95. The highest BCUT2D eigenvalue weighted by atomic mass is 79.9. The molecule has 0 spiro atoms. The van der Waals surface area contributed by atoms with Gasteiger partial charge in [0, 0.05) is 96.5 Å². The Balaban J connectivity index is 1.05. The number of carbonyl (C=O) groups excluding carboxylic acids is 7. The molecule has 0 aliphatic carbocycles. The molecule has 0 aromatic carbocycles. The maximum absolute atomic E-state index is 13.2. The Morgan fingerprint density at radius 1 is 0.508 bits per heavy atom. The quantitative estimate of drug-likeness (QED) is 0.0563. The van der Waals surface area contributed by atoms with E-state index in [-0.39, 0.29) is 60.5 Å². The predicted octanol–water partition coefficient (Wildman–Crippen LogP) is 3.99. The molecule has 5 heterocycles. The van der Waals surface area contributed by atoms with Gasteiger partial charge in [-0.2, -0.15) is 0 Å². The van der Waals surface area contributed by atoms with Crippen molar-refractivity contribution in [1.82, 2.24) is 39.5 Å². The Hall–Kier alpha value is -5.97. The second kappa shape index (κ2) is 21.0. The normalized spacial score (nSPS) is 10.9. The summed E-state index contributed by atoms with van der Waals surface area (Å²) in [5.74, 6) is -2.71. The highest BCUT2D eigenvalue weighted by Crippen LogP contribution is 2.33. The molecule has 0 fully saturated rings. The Bertz CT molecular complexity index is 2440. The minimum absolute atomic E-state index is 0.00279.